The number of rotatable bonds is 3. The highest BCUT2D eigenvalue weighted by Gasteiger charge is 2.35. The summed E-state index contributed by atoms with van der Waals surface area (Å²) in [5.74, 6) is 0. The van der Waals surface area contributed by atoms with Gasteiger partial charge in [0.25, 0.3) is 0 Å². The average Bonchev–Trinajstić information content (AvgIpc) is 3.94. The molecule has 0 radical (unpaired) electrons. The molecule has 0 saturated heterocycles. The van der Waals surface area contributed by atoms with Gasteiger partial charge in [-0.1, -0.05) is 141 Å². The molecule has 0 aliphatic heterocycles. The zero-order valence-electron chi connectivity index (χ0n) is 29.9. The Morgan fingerprint density at radius 3 is 1.46 bits per heavy atom. The van der Waals surface area contributed by atoms with Crippen LogP contribution in [0.15, 0.2) is 164 Å². The van der Waals surface area contributed by atoms with Gasteiger partial charge in [-0.05, 0) is 69.8 Å². The molecule has 3 heteroatoms. The third-order valence-corrected chi connectivity index (χ3v) is 14.3. The minimum atomic E-state index is -0.106. The lowest BCUT2D eigenvalue weighted by Crippen LogP contribution is -2.15. The first-order valence-electron chi connectivity index (χ1n) is 18.7. The molecule has 1 aliphatic rings. The first-order chi connectivity index (χ1) is 26.5. The Bertz CT molecular complexity index is 3200. The molecule has 0 N–H and O–H groups in total. The maximum absolute atomic E-state index is 2.58. The van der Waals surface area contributed by atoms with Gasteiger partial charge in [0, 0.05) is 73.3 Å². The van der Waals surface area contributed by atoms with E-state index >= 15 is 0 Å². The van der Waals surface area contributed by atoms with Gasteiger partial charge in [-0.25, -0.2) is 0 Å². The quantitative estimate of drug-likeness (QED) is 0.171. The Balaban J connectivity index is 1.17. The molecule has 254 valence electrons. The second-order valence-electron chi connectivity index (χ2n) is 15.3. The fraction of sp³-hybridized carbons (Fsp3) is 0.0588. The van der Waals surface area contributed by atoms with Crippen LogP contribution in [0, 0.1) is 0 Å². The lowest BCUT2D eigenvalue weighted by molar-refractivity contribution is 0.660. The van der Waals surface area contributed by atoms with E-state index in [-0.39, 0.29) is 5.41 Å². The van der Waals surface area contributed by atoms with E-state index in [2.05, 4.69) is 182 Å². The number of hydrogen-bond donors (Lipinski definition) is 0. The predicted molar refractivity (Wildman–Crippen MR) is 235 cm³/mol. The van der Waals surface area contributed by atoms with E-state index in [0.29, 0.717) is 0 Å². The largest absolute Gasteiger partial charge is 0.308 e. The number of para-hydroxylation sites is 2. The molecule has 0 saturated carbocycles. The van der Waals surface area contributed by atoms with Crippen molar-refractivity contribution in [3.05, 3.63) is 175 Å². The topological polar surface area (TPSA) is 4.93 Å². The summed E-state index contributed by atoms with van der Waals surface area (Å²) < 4.78 is 7.89. The Morgan fingerprint density at radius 2 is 0.852 bits per heavy atom. The van der Waals surface area contributed by atoms with Gasteiger partial charge in [0.2, 0.25) is 0 Å². The third-order valence-electron chi connectivity index (χ3n) is 12.0. The van der Waals surface area contributed by atoms with Crippen LogP contribution in [0.25, 0.3) is 101 Å². The Hall–Kier alpha value is -6.00. The van der Waals surface area contributed by atoms with E-state index in [1.54, 1.807) is 0 Å². The number of benzene rings is 8. The maximum Gasteiger partial charge on any atom is 0.0619 e. The first-order valence-corrected chi connectivity index (χ1v) is 20.3. The number of aromatic nitrogens is 1. The minimum Gasteiger partial charge on any atom is -0.308 e. The van der Waals surface area contributed by atoms with E-state index in [1.807, 2.05) is 22.7 Å². The standard InChI is InChI=1S/C51H33NS2/c1-51(2)43-18-6-3-11-35(43)36-26-23-32(29-44(36)51)52-49-33(30-21-24-39-37-12-4-7-19-45(37)53-47(39)27-30)14-9-16-41(49)42-17-10-15-34(50(42)52)31-22-25-40-38-13-5-8-20-46(38)54-48(40)28-31/h3-29H,1-2H3. The van der Waals surface area contributed by atoms with E-state index in [9.17, 15) is 0 Å². The van der Waals surface area contributed by atoms with Crippen LogP contribution in [-0.2, 0) is 5.41 Å². The average molecular weight is 724 g/mol. The molecule has 0 unspecified atom stereocenters. The summed E-state index contributed by atoms with van der Waals surface area (Å²) in [5.41, 5.74) is 14.0. The fourth-order valence-electron chi connectivity index (χ4n) is 9.46. The van der Waals surface area contributed by atoms with Crippen LogP contribution < -0.4 is 0 Å². The summed E-state index contributed by atoms with van der Waals surface area (Å²) >= 11 is 3.77. The molecule has 0 spiro atoms. The molecule has 3 aromatic heterocycles. The summed E-state index contributed by atoms with van der Waals surface area (Å²) in [6, 6.07) is 61.6. The number of hydrogen-bond acceptors (Lipinski definition) is 2. The van der Waals surface area contributed by atoms with Crippen LogP contribution in [-0.4, -0.2) is 4.57 Å². The third kappa shape index (κ3) is 4.14. The summed E-state index contributed by atoms with van der Waals surface area (Å²) in [5, 5.41) is 7.85. The highest BCUT2D eigenvalue weighted by molar-refractivity contribution is 7.26. The lowest BCUT2D eigenvalue weighted by Gasteiger charge is -2.22. The van der Waals surface area contributed by atoms with Gasteiger partial charge in [-0.2, -0.15) is 0 Å². The van der Waals surface area contributed by atoms with Crippen molar-refractivity contribution in [3.8, 4) is 39.1 Å². The van der Waals surface area contributed by atoms with Gasteiger partial charge < -0.3 is 4.57 Å². The predicted octanol–water partition coefficient (Wildman–Crippen LogP) is 15.2. The SMILES string of the molecule is CC1(C)c2ccccc2-c2ccc(-n3c4c(-c5ccc6c(c5)sc5ccccc56)cccc4c4cccc(-c5ccc6c(c5)sc5ccccc56)c43)cc21. The van der Waals surface area contributed by atoms with E-state index in [4.69, 9.17) is 0 Å². The number of nitrogens with zero attached hydrogens (tertiary/aromatic N) is 1. The van der Waals surface area contributed by atoms with Gasteiger partial charge in [0.1, 0.15) is 0 Å². The van der Waals surface area contributed by atoms with Crippen LogP contribution in [0.3, 0.4) is 0 Å². The molecular weight excluding hydrogens is 691 g/mol. The van der Waals surface area contributed by atoms with Crippen molar-refractivity contribution in [1.29, 1.82) is 0 Å². The summed E-state index contributed by atoms with van der Waals surface area (Å²) in [6.07, 6.45) is 0. The van der Waals surface area contributed by atoms with Gasteiger partial charge in [-0.15, -0.1) is 22.7 Å². The molecule has 1 aliphatic carbocycles. The van der Waals surface area contributed by atoms with Crippen molar-refractivity contribution >= 4 is 84.8 Å². The van der Waals surface area contributed by atoms with E-state index in [1.165, 1.54) is 112 Å². The Labute approximate surface area is 321 Å². The summed E-state index contributed by atoms with van der Waals surface area (Å²) in [4.78, 5) is 0. The molecule has 0 fully saturated rings. The molecule has 1 nitrogen and oxygen atoms in total. The summed E-state index contributed by atoms with van der Waals surface area (Å²) in [7, 11) is 0. The second kappa shape index (κ2) is 11.0. The van der Waals surface area contributed by atoms with Crippen molar-refractivity contribution in [1.82, 2.24) is 4.57 Å². The van der Waals surface area contributed by atoms with Gasteiger partial charge in [0.15, 0.2) is 0 Å². The molecule has 3 heterocycles. The highest BCUT2D eigenvalue weighted by atomic mass is 32.1. The van der Waals surface area contributed by atoms with Crippen LogP contribution >= 0.6 is 22.7 Å². The normalized spacial score (nSPS) is 13.5. The first kappa shape index (κ1) is 30.5. The fourth-order valence-corrected chi connectivity index (χ4v) is 11.7. The summed E-state index contributed by atoms with van der Waals surface area (Å²) in [6.45, 7) is 4.76. The van der Waals surface area contributed by atoms with E-state index < -0.39 is 0 Å². The van der Waals surface area contributed by atoms with Crippen molar-refractivity contribution in [2.24, 2.45) is 0 Å². The monoisotopic (exact) mass is 723 g/mol. The number of thiophene rings is 2. The smallest absolute Gasteiger partial charge is 0.0619 e. The number of fused-ring (bicyclic) bond motifs is 12. The second-order valence-corrected chi connectivity index (χ2v) is 17.4. The van der Waals surface area contributed by atoms with Crippen LogP contribution in [0.5, 0.6) is 0 Å². The van der Waals surface area contributed by atoms with Crippen molar-refractivity contribution in [2.75, 3.05) is 0 Å². The maximum atomic E-state index is 2.58. The zero-order chi connectivity index (χ0) is 35.7. The van der Waals surface area contributed by atoms with Crippen LogP contribution in [0.1, 0.15) is 25.0 Å². The van der Waals surface area contributed by atoms with Crippen LogP contribution in [0.2, 0.25) is 0 Å². The molecule has 0 amide bonds. The lowest BCUT2D eigenvalue weighted by atomic mass is 9.82. The van der Waals surface area contributed by atoms with Crippen molar-refractivity contribution < 1.29 is 0 Å². The van der Waals surface area contributed by atoms with Crippen molar-refractivity contribution in [3.63, 3.8) is 0 Å². The van der Waals surface area contributed by atoms with Crippen LogP contribution in [0.4, 0.5) is 0 Å². The van der Waals surface area contributed by atoms with Crippen molar-refractivity contribution in [2.45, 2.75) is 19.3 Å². The van der Waals surface area contributed by atoms with Gasteiger partial charge in [0.05, 0.1) is 11.0 Å². The molecular formula is C51H33NS2. The Kier molecular flexibility index (Phi) is 6.22. The van der Waals surface area contributed by atoms with Gasteiger partial charge in [-0.3, -0.25) is 0 Å². The molecule has 54 heavy (non-hydrogen) atoms. The minimum absolute atomic E-state index is 0.106. The Morgan fingerprint density at radius 1 is 0.370 bits per heavy atom. The van der Waals surface area contributed by atoms with E-state index in [0.717, 1.165) is 0 Å². The molecule has 12 rings (SSSR count). The van der Waals surface area contributed by atoms with Gasteiger partial charge >= 0.3 is 0 Å². The highest BCUT2D eigenvalue weighted by Crippen LogP contribution is 2.51. The zero-order valence-corrected chi connectivity index (χ0v) is 31.5. The molecule has 0 bridgehead atoms. The molecule has 8 aromatic carbocycles. The molecule has 11 aromatic rings. The molecule has 0 atom stereocenters.